The molecule has 7 heteroatoms. The lowest BCUT2D eigenvalue weighted by Gasteiger charge is -2.31. The predicted molar refractivity (Wildman–Crippen MR) is 128 cm³/mol. The molecule has 2 heterocycles. The van der Waals surface area contributed by atoms with Gasteiger partial charge in [0.1, 0.15) is 5.82 Å². The SMILES string of the molecule is COc1ccc(C2c3cccn3-c3ccccc3CN2C(=O)Nc2ccc(F)cc2)cc1OC. The number of ether oxygens (including phenoxy) is 2. The van der Waals surface area contributed by atoms with Gasteiger partial charge in [0.15, 0.2) is 11.5 Å². The Labute approximate surface area is 197 Å². The van der Waals surface area contributed by atoms with Crippen LogP contribution < -0.4 is 14.8 Å². The molecule has 0 radical (unpaired) electrons. The summed E-state index contributed by atoms with van der Waals surface area (Å²) >= 11 is 0. The molecule has 0 fully saturated rings. The minimum atomic E-state index is -0.414. The van der Waals surface area contributed by atoms with Crippen molar-refractivity contribution < 1.29 is 18.7 Å². The highest BCUT2D eigenvalue weighted by atomic mass is 19.1. The molecule has 1 aromatic heterocycles. The summed E-state index contributed by atoms with van der Waals surface area (Å²) in [6.07, 6.45) is 2.00. The van der Waals surface area contributed by atoms with Crippen molar-refractivity contribution in [1.29, 1.82) is 0 Å². The fourth-order valence-electron chi connectivity index (χ4n) is 4.44. The molecule has 172 valence electrons. The Kier molecular flexibility index (Phi) is 5.67. The third-order valence-corrected chi connectivity index (χ3v) is 6.04. The maximum Gasteiger partial charge on any atom is 0.322 e. The Morgan fingerprint density at radius 1 is 0.941 bits per heavy atom. The van der Waals surface area contributed by atoms with Crippen LogP contribution in [0.15, 0.2) is 85.1 Å². The highest BCUT2D eigenvalue weighted by molar-refractivity contribution is 5.90. The number of amides is 2. The monoisotopic (exact) mass is 457 g/mol. The quantitative estimate of drug-likeness (QED) is 0.423. The molecule has 2 amide bonds. The summed E-state index contributed by atoms with van der Waals surface area (Å²) in [7, 11) is 3.18. The number of anilines is 1. The summed E-state index contributed by atoms with van der Waals surface area (Å²) in [6, 6.07) is 22.7. The van der Waals surface area contributed by atoms with Crippen molar-refractivity contribution >= 4 is 11.7 Å². The van der Waals surface area contributed by atoms with Crippen LogP contribution in [-0.2, 0) is 6.54 Å². The van der Waals surface area contributed by atoms with Crippen molar-refractivity contribution in [3.05, 3.63) is 108 Å². The average Bonchev–Trinajstić information content (AvgIpc) is 3.29. The lowest BCUT2D eigenvalue weighted by atomic mass is 10.0. The number of carbonyl (C=O) groups excluding carboxylic acids is 1. The van der Waals surface area contributed by atoms with Crippen molar-refractivity contribution in [2.45, 2.75) is 12.6 Å². The van der Waals surface area contributed by atoms with Crippen LogP contribution >= 0.6 is 0 Å². The zero-order valence-electron chi connectivity index (χ0n) is 18.9. The normalized spacial score (nSPS) is 14.6. The van der Waals surface area contributed by atoms with E-state index in [9.17, 15) is 9.18 Å². The number of hydrogen-bond acceptors (Lipinski definition) is 3. The van der Waals surface area contributed by atoms with Crippen molar-refractivity contribution in [3.63, 3.8) is 0 Å². The number of rotatable bonds is 4. The Morgan fingerprint density at radius 3 is 2.47 bits per heavy atom. The summed E-state index contributed by atoms with van der Waals surface area (Å²) < 4.78 is 26.5. The van der Waals surface area contributed by atoms with E-state index < -0.39 is 6.04 Å². The van der Waals surface area contributed by atoms with Gasteiger partial charge in [-0.15, -0.1) is 0 Å². The molecule has 1 unspecified atom stereocenters. The minimum Gasteiger partial charge on any atom is -0.493 e. The Bertz CT molecular complexity index is 1330. The molecule has 0 saturated heterocycles. The number of halogens is 1. The second-order valence-corrected chi connectivity index (χ2v) is 8.01. The maximum absolute atomic E-state index is 13.7. The smallest absolute Gasteiger partial charge is 0.322 e. The van der Waals surface area contributed by atoms with Gasteiger partial charge in [0.2, 0.25) is 0 Å². The van der Waals surface area contributed by atoms with Crippen LogP contribution in [0.25, 0.3) is 5.69 Å². The fourth-order valence-corrected chi connectivity index (χ4v) is 4.44. The largest absolute Gasteiger partial charge is 0.493 e. The van der Waals surface area contributed by atoms with E-state index in [1.165, 1.54) is 12.1 Å². The first kappa shape index (κ1) is 21.6. The predicted octanol–water partition coefficient (Wildman–Crippen LogP) is 5.77. The van der Waals surface area contributed by atoms with Crippen LogP contribution in [0.5, 0.6) is 11.5 Å². The van der Waals surface area contributed by atoms with Gasteiger partial charge in [-0.25, -0.2) is 9.18 Å². The first-order chi connectivity index (χ1) is 16.6. The van der Waals surface area contributed by atoms with E-state index in [1.807, 2.05) is 60.8 Å². The lowest BCUT2D eigenvalue weighted by Crippen LogP contribution is -2.37. The van der Waals surface area contributed by atoms with Crippen molar-refractivity contribution in [3.8, 4) is 17.2 Å². The molecule has 0 saturated carbocycles. The molecule has 0 spiro atoms. The van der Waals surface area contributed by atoms with E-state index in [-0.39, 0.29) is 11.8 Å². The van der Waals surface area contributed by atoms with E-state index >= 15 is 0 Å². The first-order valence-corrected chi connectivity index (χ1v) is 10.9. The van der Waals surface area contributed by atoms with Crippen molar-refractivity contribution in [2.75, 3.05) is 19.5 Å². The van der Waals surface area contributed by atoms with Gasteiger partial charge in [-0.05, 0) is 65.7 Å². The summed E-state index contributed by atoms with van der Waals surface area (Å²) in [5.41, 5.74) is 4.36. The molecular weight excluding hydrogens is 433 g/mol. The average molecular weight is 458 g/mol. The number of aromatic nitrogens is 1. The van der Waals surface area contributed by atoms with Gasteiger partial charge in [-0.2, -0.15) is 0 Å². The molecule has 6 nitrogen and oxygen atoms in total. The zero-order valence-corrected chi connectivity index (χ0v) is 18.9. The molecule has 1 atom stereocenters. The van der Waals surface area contributed by atoms with E-state index in [4.69, 9.17) is 9.47 Å². The van der Waals surface area contributed by atoms with Crippen LogP contribution in [0.4, 0.5) is 14.9 Å². The second-order valence-electron chi connectivity index (χ2n) is 8.01. The summed E-state index contributed by atoms with van der Waals surface area (Å²) in [4.78, 5) is 15.4. The lowest BCUT2D eigenvalue weighted by molar-refractivity contribution is 0.194. The van der Waals surface area contributed by atoms with Gasteiger partial charge >= 0.3 is 6.03 Å². The number of methoxy groups -OCH3 is 2. The van der Waals surface area contributed by atoms with Gasteiger partial charge in [0, 0.05) is 17.6 Å². The number of urea groups is 1. The highest BCUT2D eigenvalue weighted by Crippen LogP contribution is 2.39. The Morgan fingerprint density at radius 2 is 1.71 bits per heavy atom. The summed E-state index contributed by atoms with van der Waals surface area (Å²) in [5.74, 6) is 0.836. The molecule has 0 aliphatic carbocycles. The van der Waals surface area contributed by atoms with Crippen molar-refractivity contribution in [2.24, 2.45) is 0 Å². The van der Waals surface area contributed by atoms with E-state index in [0.29, 0.717) is 23.7 Å². The fraction of sp³-hybridized carbons (Fsp3) is 0.148. The van der Waals surface area contributed by atoms with E-state index in [0.717, 1.165) is 22.5 Å². The number of nitrogens with one attached hydrogen (secondary N) is 1. The summed E-state index contributed by atoms with van der Waals surface area (Å²) in [6.45, 7) is 0.379. The van der Waals surface area contributed by atoms with Crippen molar-refractivity contribution in [1.82, 2.24) is 9.47 Å². The molecule has 5 rings (SSSR count). The number of para-hydroxylation sites is 1. The molecule has 4 aromatic rings. The third kappa shape index (κ3) is 3.85. The molecule has 1 aliphatic rings. The summed E-state index contributed by atoms with van der Waals surface area (Å²) in [5, 5.41) is 2.93. The maximum atomic E-state index is 13.7. The van der Waals surface area contributed by atoms with Gasteiger partial charge in [0.05, 0.1) is 32.5 Å². The third-order valence-electron chi connectivity index (χ3n) is 6.04. The molecule has 34 heavy (non-hydrogen) atoms. The number of nitrogens with zero attached hydrogens (tertiary/aromatic N) is 2. The van der Waals surface area contributed by atoms with Gasteiger partial charge in [-0.3, -0.25) is 0 Å². The topological polar surface area (TPSA) is 55.7 Å². The minimum absolute atomic E-state index is 0.296. The molecule has 3 aromatic carbocycles. The van der Waals surface area contributed by atoms with Crippen LogP contribution in [0, 0.1) is 5.82 Å². The standard InChI is InChI=1S/C27H24FN3O3/c1-33-24-14-9-18(16-25(24)34-2)26-23-8-5-15-30(23)22-7-4-3-6-19(22)17-31(26)27(32)29-21-12-10-20(28)11-13-21/h3-16,26H,17H2,1-2H3,(H,29,32). The molecular formula is C27H24FN3O3. The van der Waals surface area contributed by atoms with Gasteiger partial charge < -0.3 is 24.3 Å². The van der Waals surface area contributed by atoms with E-state index in [2.05, 4.69) is 9.88 Å². The van der Waals surface area contributed by atoms with Crippen LogP contribution in [0.2, 0.25) is 0 Å². The van der Waals surface area contributed by atoms with Gasteiger partial charge in [-0.1, -0.05) is 24.3 Å². The molecule has 1 N–H and O–H groups in total. The Hall–Kier alpha value is -4.26. The molecule has 1 aliphatic heterocycles. The highest BCUT2D eigenvalue weighted by Gasteiger charge is 2.33. The number of carbonyl (C=O) groups is 1. The van der Waals surface area contributed by atoms with Crippen LogP contribution in [0.1, 0.15) is 22.9 Å². The zero-order chi connectivity index (χ0) is 23.7. The first-order valence-electron chi connectivity index (χ1n) is 10.9. The number of fused-ring (bicyclic) bond motifs is 3. The Balaban J connectivity index is 1.64. The van der Waals surface area contributed by atoms with Gasteiger partial charge in [0.25, 0.3) is 0 Å². The number of hydrogen-bond donors (Lipinski definition) is 1. The number of benzene rings is 3. The molecule has 0 bridgehead atoms. The van der Waals surface area contributed by atoms with Crippen LogP contribution in [0.3, 0.4) is 0 Å². The second kappa shape index (κ2) is 8.94. The van der Waals surface area contributed by atoms with Crippen LogP contribution in [-0.4, -0.2) is 29.7 Å². The van der Waals surface area contributed by atoms with E-state index in [1.54, 1.807) is 31.3 Å².